The van der Waals surface area contributed by atoms with Gasteiger partial charge in [0.2, 0.25) is 6.10 Å². The lowest BCUT2D eigenvalue weighted by Crippen LogP contribution is -3.00. The van der Waals surface area contributed by atoms with Crippen LogP contribution in [0.2, 0.25) is 0 Å². The third kappa shape index (κ3) is 7.90. The smallest absolute Gasteiger partial charge is 0.304 e. The van der Waals surface area contributed by atoms with E-state index in [0.29, 0.717) is 5.56 Å². The average molecular weight is 532 g/mol. The number of hydrogen-bond acceptors (Lipinski definition) is 10. The number of ether oxygens (including phenoxy) is 5. The minimum absolute atomic E-state index is 0. The van der Waals surface area contributed by atoms with Crippen molar-refractivity contribution in [3.63, 3.8) is 0 Å². The Morgan fingerprint density at radius 1 is 0.848 bits per heavy atom. The van der Waals surface area contributed by atoms with Crippen LogP contribution in [0.1, 0.15) is 51.2 Å². The van der Waals surface area contributed by atoms with Crippen LogP contribution in [0.3, 0.4) is 0 Å². The SMILES string of the molecule is CC(=O)OCC1OC([n+]2cccc(C(C)=O)c2)C(OC(C)=O)C(OC(C)=O)C1OC(C)=O.[Br-]. The number of carbonyl (C=O) groups excluding carboxylic acids is 5. The molecule has 33 heavy (non-hydrogen) atoms. The van der Waals surface area contributed by atoms with Crippen molar-refractivity contribution in [3.05, 3.63) is 30.1 Å². The molecule has 0 aliphatic carbocycles. The van der Waals surface area contributed by atoms with Gasteiger partial charge in [-0.3, -0.25) is 24.0 Å². The number of ketones is 1. The molecule has 0 N–H and O–H groups in total. The summed E-state index contributed by atoms with van der Waals surface area (Å²) in [5, 5.41) is 0. The lowest BCUT2D eigenvalue weighted by Gasteiger charge is -2.41. The van der Waals surface area contributed by atoms with Gasteiger partial charge in [-0.2, -0.15) is 4.57 Å². The fourth-order valence-corrected chi connectivity index (χ4v) is 3.30. The molecule has 0 radical (unpaired) electrons. The Hall–Kier alpha value is -2.86. The number of aromatic nitrogens is 1. The zero-order chi connectivity index (χ0) is 24.0. The van der Waals surface area contributed by atoms with Crippen LogP contribution in [-0.4, -0.2) is 60.7 Å². The molecule has 1 aromatic rings. The molecule has 1 saturated heterocycles. The van der Waals surface area contributed by atoms with E-state index in [9.17, 15) is 24.0 Å². The Bertz CT molecular complexity index is 905. The zero-order valence-electron chi connectivity index (χ0n) is 18.8. The first kappa shape index (κ1) is 28.2. The number of hydrogen-bond donors (Lipinski definition) is 0. The van der Waals surface area contributed by atoms with E-state index < -0.39 is 54.5 Å². The number of pyridine rings is 1. The molecule has 182 valence electrons. The van der Waals surface area contributed by atoms with Gasteiger partial charge in [-0.25, -0.2) is 0 Å². The van der Waals surface area contributed by atoms with E-state index in [1.165, 1.54) is 24.6 Å². The van der Waals surface area contributed by atoms with Crippen LogP contribution in [-0.2, 0) is 42.9 Å². The van der Waals surface area contributed by atoms with Gasteiger partial charge in [0.1, 0.15) is 12.7 Å². The van der Waals surface area contributed by atoms with Crippen molar-refractivity contribution in [3.8, 4) is 0 Å². The van der Waals surface area contributed by atoms with Gasteiger partial charge in [-0.1, -0.05) is 0 Å². The number of carbonyl (C=O) groups is 5. The van der Waals surface area contributed by atoms with Crippen molar-refractivity contribution < 1.29 is 69.2 Å². The van der Waals surface area contributed by atoms with E-state index in [2.05, 4.69) is 0 Å². The van der Waals surface area contributed by atoms with Gasteiger partial charge in [0.05, 0.1) is 5.56 Å². The number of rotatable bonds is 7. The highest BCUT2D eigenvalue weighted by atomic mass is 79.9. The van der Waals surface area contributed by atoms with Gasteiger partial charge in [-0.05, 0) is 13.0 Å². The molecule has 0 bridgehead atoms. The number of nitrogens with zero attached hydrogens (tertiary/aromatic N) is 1. The van der Waals surface area contributed by atoms with E-state index in [1.54, 1.807) is 18.3 Å². The maximum absolute atomic E-state index is 11.9. The lowest BCUT2D eigenvalue weighted by atomic mass is 9.97. The molecule has 2 heterocycles. The van der Waals surface area contributed by atoms with Crippen LogP contribution in [0.15, 0.2) is 24.5 Å². The molecule has 0 amide bonds. The van der Waals surface area contributed by atoms with Crippen LogP contribution in [0.4, 0.5) is 0 Å². The molecule has 1 aliphatic rings. The Morgan fingerprint density at radius 2 is 1.39 bits per heavy atom. The summed E-state index contributed by atoms with van der Waals surface area (Å²) in [6.07, 6.45) is -2.91. The van der Waals surface area contributed by atoms with Gasteiger partial charge < -0.3 is 40.7 Å². The third-order valence-corrected chi connectivity index (χ3v) is 4.49. The van der Waals surface area contributed by atoms with Crippen LogP contribution < -0.4 is 21.5 Å². The molecule has 1 aromatic heterocycles. The van der Waals surface area contributed by atoms with Crippen molar-refractivity contribution in [2.24, 2.45) is 0 Å². The fourth-order valence-electron chi connectivity index (χ4n) is 3.30. The van der Waals surface area contributed by atoms with E-state index in [4.69, 9.17) is 23.7 Å². The molecular weight excluding hydrogens is 506 g/mol. The zero-order valence-corrected chi connectivity index (χ0v) is 20.4. The number of halogens is 1. The second-order valence-electron chi connectivity index (χ2n) is 7.19. The molecule has 5 unspecified atom stereocenters. The lowest BCUT2D eigenvalue weighted by molar-refractivity contribution is -0.777. The van der Waals surface area contributed by atoms with Crippen LogP contribution in [0.5, 0.6) is 0 Å². The van der Waals surface area contributed by atoms with E-state index in [0.717, 1.165) is 20.8 Å². The van der Waals surface area contributed by atoms with Crippen molar-refractivity contribution >= 4 is 29.7 Å². The standard InChI is InChI=1S/C21H26NO10.BrH/c1-11(23)16-7-6-8-22(9-16)21-20(31-15(5)27)19(30-14(4)26)18(29-13(3)25)17(32-21)10-28-12(2)24;/h6-9,17-21H,10H2,1-5H3;1H/q+1;/p-1. The van der Waals surface area contributed by atoms with Gasteiger partial charge in [0.15, 0.2) is 30.4 Å². The molecule has 2 rings (SSSR count). The molecule has 1 fully saturated rings. The Morgan fingerprint density at radius 3 is 1.91 bits per heavy atom. The summed E-state index contributed by atoms with van der Waals surface area (Å²) in [5.74, 6) is -2.97. The van der Waals surface area contributed by atoms with Gasteiger partial charge in [0, 0.05) is 33.8 Å². The van der Waals surface area contributed by atoms with Crippen molar-refractivity contribution in [1.82, 2.24) is 0 Å². The quantitative estimate of drug-likeness (QED) is 0.160. The first-order chi connectivity index (χ1) is 15.0. The van der Waals surface area contributed by atoms with Crippen molar-refractivity contribution in [2.45, 2.75) is 65.3 Å². The summed E-state index contributed by atoms with van der Waals surface area (Å²) in [7, 11) is 0. The monoisotopic (exact) mass is 531 g/mol. The summed E-state index contributed by atoms with van der Waals surface area (Å²) >= 11 is 0. The largest absolute Gasteiger partial charge is 1.00 e. The Labute approximate surface area is 201 Å². The summed E-state index contributed by atoms with van der Waals surface area (Å²) in [6.45, 7) is 5.69. The Kier molecular flexibility index (Phi) is 10.6. The summed E-state index contributed by atoms with van der Waals surface area (Å²) in [5.41, 5.74) is 0.348. The fraction of sp³-hybridized carbons (Fsp3) is 0.524. The molecule has 12 heteroatoms. The second-order valence-corrected chi connectivity index (χ2v) is 7.19. The predicted molar refractivity (Wildman–Crippen MR) is 104 cm³/mol. The normalized spacial score (nSPS) is 24.0. The second kappa shape index (κ2) is 12.4. The van der Waals surface area contributed by atoms with Gasteiger partial charge in [0.25, 0.3) is 0 Å². The van der Waals surface area contributed by atoms with E-state index in [-0.39, 0.29) is 29.4 Å². The molecule has 11 nitrogen and oxygen atoms in total. The minimum atomic E-state index is -1.28. The summed E-state index contributed by atoms with van der Waals surface area (Å²) < 4.78 is 28.7. The van der Waals surface area contributed by atoms with Gasteiger partial charge >= 0.3 is 30.1 Å². The summed E-state index contributed by atoms with van der Waals surface area (Å²) in [4.78, 5) is 58.7. The maximum Gasteiger partial charge on any atom is 0.304 e. The third-order valence-electron chi connectivity index (χ3n) is 4.49. The molecule has 0 spiro atoms. The average Bonchev–Trinajstić information content (AvgIpc) is 2.68. The van der Waals surface area contributed by atoms with Gasteiger partial charge in [-0.15, -0.1) is 0 Å². The molecule has 1 aliphatic heterocycles. The highest BCUT2D eigenvalue weighted by Gasteiger charge is 2.56. The first-order valence-electron chi connectivity index (χ1n) is 9.81. The number of Topliss-reactive ketones (excluding diaryl/α,β-unsaturated/α-hetero) is 1. The van der Waals surface area contributed by atoms with Crippen LogP contribution in [0.25, 0.3) is 0 Å². The highest BCUT2D eigenvalue weighted by Crippen LogP contribution is 2.32. The topological polar surface area (TPSA) is 135 Å². The van der Waals surface area contributed by atoms with Crippen LogP contribution in [0, 0.1) is 0 Å². The molecule has 0 aromatic carbocycles. The summed E-state index contributed by atoms with van der Waals surface area (Å²) in [6, 6.07) is 3.18. The minimum Gasteiger partial charge on any atom is -1.00 e. The maximum atomic E-state index is 11.9. The first-order valence-corrected chi connectivity index (χ1v) is 9.81. The molecule has 0 saturated carbocycles. The van der Waals surface area contributed by atoms with Crippen molar-refractivity contribution in [2.75, 3.05) is 6.61 Å². The van der Waals surface area contributed by atoms with E-state index >= 15 is 0 Å². The molecule has 5 atom stereocenters. The van der Waals surface area contributed by atoms with E-state index in [1.807, 2.05) is 0 Å². The molecular formula is C21H26BrNO10. The van der Waals surface area contributed by atoms with Crippen LogP contribution >= 0.6 is 0 Å². The van der Waals surface area contributed by atoms with Crippen molar-refractivity contribution in [1.29, 1.82) is 0 Å². The predicted octanol–water partition coefficient (Wildman–Crippen LogP) is -2.56. The Balaban J connectivity index is 0.00000544. The number of esters is 4. The highest BCUT2D eigenvalue weighted by molar-refractivity contribution is 5.93.